The maximum absolute atomic E-state index is 12.4. The van der Waals surface area contributed by atoms with E-state index >= 15 is 0 Å². The van der Waals surface area contributed by atoms with Crippen LogP contribution in [-0.4, -0.2) is 6.09 Å². The van der Waals surface area contributed by atoms with Crippen molar-refractivity contribution in [3.63, 3.8) is 0 Å². The Morgan fingerprint density at radius 2 is 1.69 bits per heavy atom. The zero-order chi connectivity index (χ0) is 20.1. The molecule has 1 atom stereocenters. The highest BCUT2D eigenvalue weighted by molar-refractivity contribution is 7.17. The fourth-order valence-corrected chi connectivity index (χ4v) is 3.84. The van der Waals surface area contributed by atoms with Gasteiger partial charge in [-0.15, -0.1) is 11.3 Å². The number of hydrogen-bond acceptors (Lipinski definition) is 5. The second-order valence-electron chi connectivity index (χ2n) is 6.59. The third-order valence-corrected chi connectivity index (χ3v) is 5.43. The molecule has 5 nitrogen and oxygen atoms in total. The summed E-state index contributed by atoms with van der Waals surface area (Å²) in [6.07, 6.45) is -0.0947. The summed E-state index contributed by atoms with van der Waals surface area (Å²) in [5.41, 5.74) is 1.51. The minimum Gasteiger partial charge on any atom is -0.445 e. The van der Waals surface area contributed by atoms with Crippen molar-refractivity contribution in [2.45, 2.75) is 19.1 Å². The molecule has 0 bridgehead atoms. The SMILES string of the molecule is O=C(N[C@@H](Cc1ccccc1)c1cc2ccsc2c(=O)o1)OCc1ccccc1. The average Bonchev–Trinajstić information content (AvgIpc) is 3.23. The zero-order valence-electron chi connectivity index (χ0n) is 15.5. The van der Waals surface area contributed by atoms with Crippen molar-refractivity contribution in [1.29, 1.82) is 0 Å². The van der Waals surface area contributed by atoms with E-state index in [1.54, 1.807) is 6.07 Å². The number of nitrogens with one attached hydrogen (secondary N) is 1. The van der Waals surface area contributed by atoms with Crippen LogP contribution in [0.5, 0.6) is 0 Å². The van der Waals surface area contributed by atoms with Gasteiger partial charge in [-0.3, -0.25) is 0 Å². The van der Waals surface area contributed by atoms with Crippen LogP contribution in [0.15, 0.2) is 87.4 Å². The molecule has 0 aliphatic heterocycles. The number of rotatable bonds is 6. The minimum absolute atomic E-state index is 0.165. The van der Waals surface area contributed by atoms with E-state index in [1.165, 1.54) is 11.3 Å². The molecule has 2 aromatic carbocycles. The first-order valence-electron chi connectivity index (χ1n) is 9.21. The first-order valence-corrected chi connectivity index (χ1v) is 10.1. The molecule has 6 heteroatoms. The van der Waals surface area contributed by atoms with Crippen LogP contribution >= 0.6 is 11.3 Å². The molecule has 4 rings (SSSR count). The van der Waals surface area contributed by atoms with Crippen molar-refractivity contribution in [2.75, 3.05) is 0 Å². The highest BCUT2D eigenvalue weighted by Crippen LogP contribution is 2.24. The normalized spacial score (nSPS) is 11.9. The molecule has 29 heavy (non-hydrogen) atoms. The Morgan fingerprint density at radius 3 is 2.41 bits per heavy atom. The van der Waals surface area contributed by atoms with E-state index in [0.29, 0.717) is 16.9 Å². The molecule has 0 saturated carbocycles. The van der Waals surface area contributed by atoms with Gasteiger partial charge in [-0.05, 0) is 28.6 Å². The monoisotopic (exact) mass is 405 g/mol. The van der Waals surface area contributed by atoms with E-state index in [9.17, 15) is 9.59 Å². The number of hydrogen-bond donors (Lipinski definition) is 1. The van der Waals surface area contributed by atoms with E-state index in [2.05, 4.69) is 5.32 Å². The van der Waals surface area contributed by atoms with Crippen molar-refractivity contribution >= 4 is 27.5 Å². The average molecular weight is 405 g/mol. The Balaban J connectivity index is 1.55. The Hall–Kier alpha value is -3.38. The summed E-state index contributed by atoms with van der Waals surface area (Å²) in [6, 6.07) is 22.3. The Morgan fingerprint density at radius 1 is 1.00 bits per heavy atom. The Kier molecular flexibility index (Phi) is 5.72. The van der Waals surface area contributed by atoms with Crippen LogP contribution in [0.3, 0.4) is 0 Å². The molecule has 0 saturated heterocycles. The lowest BCUT2D eigenvalue weighted by Gasteiger charge is -2.18. The summed E-state index contributed by atoms with van der Waals surface area (Å²) >= 11 is 1.34. The number of ether oxygens (including phenoxy) is 1. The first-order chi connectivity index (χ1) is 14.2. The summed E-state index contributed by atoms with van der Waals surface area (Å²) in [4.78, 5) is 24.8. The van der Waals surface area contributed by atoms with Gasteiger partial charge in [0.05, 0.1) is 6.04 Å². The van der Waals surface area contributed by atoms with Gasteiger partial charge in [-0.1, -0.05) is 60.7 Å². The fraction of sp³-hybridized carbons (Fsp3) is 0.130. The van der Waals surface area contributed by atoms with Crippen molar-refractivity contribution in [3.05, 3.63) is 105 Å². The number of carbonyl (C=O) groups excluding carboxylic acids is 1. The first kappa shape index (κ1) is 19.0. The van der Waals surface area contributed by atoms with Gasteiger partial charge in [-0.2, -0.15) is 0 Å². The molecule has 0 aliphatic rings. The quantitative estimate of drug-likeness (QED) is 0.487. The minimum atomic E-state index is -0.567. The summed E-state index contributed by atoms with van der Waals surface area (Å²) in [5.74, 6) is 0.404. The molecular weight excluding hydrogens is 386 g/mol. The number of carbonyl (C=O) groups is 1. The van der Waals surface area contributed by atoms with Gasteiger partial charge in [0, 0.05) is 11.8 Å². The van der Waals surface area contributed by atoms with Crippen LogP contribution in [-0.2, 0) is 17.8 Å². The molecule has 1 N–H and O–H groups in total. The number of fused-ring (bicyclic) bond motifs is 1. The lowest BCUT2D eigenvalue weighted by Crippen LogP contribution is -2.31. The van der Waals surface area contributed by atoms with Crippen molar-refractivity contribution < 1.29 is 13.9 Å². The third kappa shape index (κ3) is 4.73. The van der Waals surface area contributed by atoms with Gasteiger partial charge in [-0.25, -0.2) is 9.59 Å². The van der Waals surface area contributed by atoms with Crippen LogP contribution in [0.1, 0.15) is 22.9 Å². The van der Waals surface area contributed by atoms with E-state index < -0.39 is 17.8 Å². The van der Waals surface area contributed by atoms with Crippen LogP contribution < -0.4 is 10.9 Å². The maximum atomic E-state index is 12.4. The molecule has 0 spiro atoms. The summed E-state index contributed by atoms with van der Waals surface area (Å²) in [7, 11) is 0. The van der Waals surface area contributed by atoms with Crippen LogP contribution in [0, 0.1) is 0 Å². The van der Waals surface area contributed by atoms with E-state index in [0.717, 1.165) is 16.5 Å². The van der Waals surface area contributed by atoms with Gasteiger partial charge in [0.25, 0.3) is 0 Å². The summed E-state index contributed by atoms with van der Waals surface area (Å²) in [5, 5.41) is 5.50. The van der Waals surface area contributed by atoms with Crippen LogP contribution in [0.4, 0.5) is 4.79 Å². The van der Waals surface area contributed by atoms with Crippen molar-refractivity contribution in [2.24, 2.45) is 0 Å². The number of alkyl carbamates (subject to hydrolysis) is 1. The van der Waals surface area contributed by atoms with Gasteiger partial charge in [0.2, 0.25) is 0 Å². The number of amides is 1. The maximum Gasteiger partial charge on any atom is 0.408 e. The molecule has 0 aliphatic carbocycles. The van der Waals surface area contributed by atoms with E-state index in [4.69, 9.17) is 9.15 Å². The van der Waals surface area contributed by atoms with E-state index in [1.807, 2.05) is 72.1 Å². The second kappa shape index (κ2) is 8.75. The standard InChI is InChI=1S/C23H19NO4S/c25-22-21-18(11-12-29-21)14-20(28-22)19(13-16-7-3-1-4-8-16)24-23(26)27-15-17-9-5-2-6-10-17/h1-12,14,19H,13,15H2,(H,24,26)/t19-/m0/s1. The van der Waals surface area contributed by atoms with Gasteiger partial charge in [0.1, 0.15) is 17.1 Å². The fourth-order valence-electron chi connectivity index (χ4n) is 3.09. The molecule has 2 aromatic heterocycles. The van der Waals surface area contributed by atoms with E-state index in [-0.39, 0.29) is 6.61 Å². The topological polar surface area (TPSA) is 68.5 Å². The smallest absolute Gasteiger partial charge is 0.408 e. The summed E-state index contributed by atoms with van der Waals surface area (Å²) in [6.45, 7) is 0.165. The predicted molar refractivity (Wildman–Crippen MR) is 113 cm³/mol. The van der Waals surface area contributed by atoms with Crippen molar-refractivity contribution in [1.82, 2.24) is 5.32 Å². The van der Waals surface area contributed by atoms with Crippen molar-refractivity contribution in [3.8, 4) is 0 Å². The molecule has 0 fully saturated rings. The lowest BCUT2D eigenvalue weighted by molar-refractivity contribution is 0.134. The number of benzene rings is 2. The molecule has 0 radical (unpaired) electrons. The zero-order valence-corrected chi connectivity index (χ0v) is 16.4. The van der Waals surface area contributed by atoms with Gasteiger partial charge >= 0.3 is 11.7 Å². The second-order valence-corrected chi connectivity index (χ2v) is 7.51. The van der Waals surface area contributed by atoms with Gasteiger partial charge < -0.3 is 14.5 Å². The molecule has 1 amide bonds. The molecule has 2 heterocycles. The molecule has 146 valence electrons. The largest absolute Gasteiger partial charge is 0.445 e. The predicted octanol–water partition coefficient (Wildman–Crippen LogP) is 5.06. The highest BCUT2D eigenvalue weighted by Gasteiger charge is 2.20. The number of thiophene rings is 1. The van der Waals surface area contributed by atoms with Gasteiger partial charge in [0.15, 0.2) is 0 Å². The third-order valence-electron chi connectivity index (χ3n) is 4.52. The highest BCUT2D eigenvalue weighted by atomic mass is 32.1. The summed E-state index contributed by atoms with van der Waals surface area (Å²) < 4.78 is 11.5. The Bertz CT molecular complexity index is 1150. The molecule has 4 aromatic rings. The lowest BCUT2D eigenvalue weighted by atomic mass is 10.0. The molecular formula is C23H19NO4S. The Labute approximate surface area is 171 Å². The van der Waals surface area contributed by atoms with Crippen LogP contribution in [0.25, 0.3) is 10.1 Å². The van der Waals surface area contributed by atoms with Crippen LogP contribution in [0.2, 0.25) is 0 Å². The molecule has 0 unspecified atom stereocenters.